The predicted octanol–water partition coefficient (Wildman–Crippen LogP) is 3.07. The summed E-state index contributed by atoms with van der Waals surface area (Å²) in [4.78, 5) is 8.71. The van der Waals surface area contributed by atoms with E-state index in [9.17, 15) is 0 Å². The van der Waals surface area contributed by atoms with E-state index in [-0.39, 0.29) is 12.1 Å². The highest BCUT2D eigenvalue weighted by Gasteiger charge is 2.28. The second-order valence-electron chi connectivity index (χ2n) is 5.43. The molecule has 0 bridgehead atoms. The fourth-order valence-electron chi connectivity index (χ4n) is 2.63. The van der Waals surface area contributed by atoms with Gasteiger partial charge in [-0.3, -0.25) is 0 Å². The van der Waals surface area contributed by atoms with Gasteiger partial charge in [-0.2, -0.15) is 4.98 Å². The lowest BCUT2D eigenvalue weighted by atomic mass is 10.1. The first-order valence-electron chi connectivity index (χ1n) is 7.57. The number of hydrogen-bond donors (Lipinski definition) is 1. The first kappa shape index (κ1) is 14.6. The molecule has 1 saturated heterocycles. The summed E-state index contributed by atoms with van der Waals surface area (Å²) >= 11 is 1.57. The van der Waals surface area contributed by atoms with Gasteiger partial charge in [0.2, 0.25) is 0 Å². The standard InChI is InChI=1S/C16H17N3O3S/c1-2-4-14-12(3-1)18-16(22-14)19-13-5-6-20-8-15(13)21-7-11-9-23-10-17-11/h1-4,9-10,13,15H,5-8H2,(H,18,19)/t13-,15-/m1/s1. The minimum Gasteiger partial charge on any atom is -0.424 e. The third-order valence-corrected chi connectivity index (χ3v) is 4.47. The van der Waals surface area contributed by atoms with Gasteiger partial charge in [0, 0.05) is 12.0 Å². The Hall–Kier alpha value is -1.96. The van der Waals surface area contributed by atoms with Crippen LogP contribution in [-0.4, -0.2) is 35.3 Å². The van der Waals surface area contributed by atoms with Gasteiger partial charge in [0.15, 0.2) is 5.58 Å². The zero-order valence-corrected chi connectivity index (χ0v) is 13.3. The van der Waals surface area contributed by atoms with Crippen molar-refractivity contribution in [2.75, 3.05) is 18.5 Å². The molecule has 1 aliphatic heterocycles. The van der Waals surface area contributed by atoms with Crippen molar-refractivity contribution < 1.29 is 13.9 Å². The molecule has 120 valence electrons. The van der Waals surface area contributed by atoms with E-state index in [0.29, 0.717) is 25.8 Å². The maximum Gasteiger partial charge on any atom is 0.295 e. The summed E-state index contributed by atoms with van der Waals surface area (Å²) in [6, 6.07) is 8.36. The molecule has 7 heteroatoms. The van der Waals surface area contributed by atoms with Crippen LogP contribution < -0.4 is 5.32 Å². The molecule has 0 amide bonds. The summed E-state index contributed by atoms with van der Waals surface area (Å²) in [6.07, 6.45) is 0.793. The smallest absolute Gasteiger partial charge is 0.295 e. The molecule has 1 aromatic carbocycles. The molecule has 1 aliphatic rings. The summed E-state index contributed by atoms with van der Waals surface area (Å²) in [7, 11) is 0. The van der Waals surface area contributed by atoms with E-state index < -0.39 is 0 Å². The van der Waals surface area contributed by atoms with Gasteiger partial charge >= 0.3 is 0 Å². The number of thiazole rings is 1. The number of nitrogens with one attached hydrogen (secondary N) is 1. The molecule has 1 fully saturated rings. The molecule has 3 heterocycles. The van der Waals surface area contributed by atoms with Crippen LogP contribution in [0, 0.1) is 0 Å². The number of oxazole rings is 1. The van der Waals surface area contributed by atoms with E-state index in [1.807, 2.05) is 35.2 Å². The van der Waals surface area contributed by atoms with Crippen molar-refractivity contribution in [1.82, 2.24) is 9.97 Å². The zero-order chi connectivity index (χ0) is 15.5. The number of benzene rings is 1. The monoisotopic (exact) mass is 331 g/mol. The van der Waals surface area contributed by atoms with Crippen LogP contribution in [0.25, 0.3) is 11.1 Å². The van der Waals surface area contributed by atoms with E-state index in [4.69, 9.17) is 13.9 Å². The summed E-state index contributed by atoms with van der Waals surface area (Å²) in [5, 5.41) is 5.34. The maximum absolute atomic E-state index is 5.97. The Morgan fingerprint density at radius 2 is 2.30 bits per heavy atom. The van der Waals surface area contributed by atoms with Crippen LogP contribution in [0.15, 0.2) is 39.6 Å². The predicted molar refractivity (Wildman–Crippen MR) is 87.5 cm³/mol. The van der Waals surface area contributed by atoms with Crippen molar-refractivity contribution in [2.45, 2.75) is 25.2 Å². The van der Waals surface area contributed by atoms with Crippen LogP contribution in [0.4, 0.5) is 6.01 Å². The lowest BCUT2D eigenvalue weighted by Gasteiger charge is -2.31. The number of anilines is 1. The normalized spacial score (nSPS) is 21.6. The molecule has 4 rings (SSSR count). The highest BCUT2D eigenvalue weighted by atomic mass is 32.1. The van der Waals surface area contributed by atoms with Crippen LogP contribution >= 0.6 is 11.3 Å². The first-order valence-corrected chi connectivity index (χ1v) is 8.51. The van der Waals surface area contributed by atoms with E-state index in [2.05, 4.69) is 15.3 Å². The van der Waals surface area contributed by atoms with E-state index in [1.54, 1.807) is 11.3 Å². The van der Waals surface area contributed by atoms with Gasteiger partial charge in [-0.1, -0.05) is 12.1 Å². The number of para-hydroxylation sites is 2. The van der Waals surface area contributed by atoms with Gasteiger partial charge < -0.3 is 19.2 Å². The second kappa shape index (κ2) is 6.66. The quantitative estimate of drug-likeness (QED) is 0.775. The van der Waals surface area contributed by atoms with E-state index in [1.165, 1.54) is 0 Å². The summed E-state index contributed by atoms with van der Waals surface area (Å²) in [5.41, 5.74) is 4.38. The third-order valence-electron chi connectivity index (χ3n) is 3.84. The van der Waals surface area contributed by atoms with Crippen molar-refractivity contribution >= 4 is 28.5 Å². The molecule has 2 atom stereocenters. The van der Waals surface area contributed by atoms with Crippen LogP contribution in [0.1, 0.15) is 12.1 Å². The number of aromatic nitrogens is 2. The molecular weight excluding hydrogens is 314 g/mol. The van der Waals surface area contributed by atoms with Crippen LogP contribution in [0.3, 0.4) is 0 Å². The van der Waals surface area contributed by atoms with Crippen LogP contribution in [0.2, 0.25) is 0 Å². The Kier molecular flexibility index (Phi) is 4.23. The van der Waals surface area contributed by atoms with Crippen molar-refractivity contribution in [3.63, 3.8) is 0 Å². The molecule has 2 aromatic heterocycles. The minimum atomic E-state index is -0.0551. The summed E-state index contributed by atoms with van der Waals surface area (Å²) < 4.78 is 17.3. The van der Waals surface area contributed by atoms with Crippen LogP contribution in [0.5, 0.6) is 0 Å². The Morgan fingerprint density at radius 3 is 3.17 bits per heavy atom. The topological polar surface area (TPSA) is 69.4 Å². The second-order valence-corrected chi connectivity index (χ2v) is 6.15. The average Bonchev–Trinajstić information content (AvgIpc) is 3.23. The van der Waals surface area contributed by atoms with E-state index >= 15 is 0 Å². The number of ether oxygens (including phenoxy) is 2. The molecule has 0 unspecified atom stereocenters. The Bertz CT molecular complexity index is 726. The van der Waals surface area contributed by atoms with Gasteiger partial charge in [-0.15, -0.1) is 11.3 Å². The summed E-state index contributed by atoms with van der Waals surface area (Å²) in [5.74, 6) is 0. The SMILES string of the molecule is c1ccc2oc(N[C@@H]3CCOC[C@H]3OCc3cscn3)nc2c1. The fourth-order valence-corrected chi connectivity index (χ4v) is 3.18. The number of fused-ring (bicyclic) bond motifs is 1. The molecule has 3 aromatic rings. The van der Waals surface area contributed by atoms with Crippen molar-refractivity contribution in [2.24, 2.45) is 0 Å². The lowest BCUT2D eigenvalue weighted by Crippen LogP contribution is -2.43. The van der Waals surface area contributed by atoms with Gasteiger partial charge in [-0.25, -0.2) is 4.98 Å². The van der Waals surface area contributed by atoms with Gasteiger partial charge in [-0.05, 0) is 18.6 Å². The molecule has 6 nitrogen and oxygen atoms in total. The fraction of sp³-hybridized carbons (Fsp3) is 0.375. The number of hydrogen-bond acceptors (Lipinski definition) is 7. The molecule has 0 aliphatic carbocycles. The Labute approximate surface area is 137 Å². The number of rotatable bonds is 5. The minimum absolute atomic E-state index is 0.0551. The first-order chi connectivity index (χ1) is 11.4. The Balaban J connectivity index is 1.44. The van der Waals surface area contributed by atoms with Crippen LogP contribution in [-0.2, 0) is 16.1 Å². The Morgan fingerprint density at radius 1 is 1.35 bits per heavy atom. The molecule has 1 N–H and O–H groups in total. The summed E-state index contributed by atoms with van der Waals surface area (Å²) in [6.45, 7) is 1.75. The molecule has 0 radical (unpaired) electrons. The average molecular weight is 331 g/mol. The maximum atomic E-state index is 5.97. The zero-order valence-electron chi connectivity index (χ0n) is 12.5. The van der Waals surface area contributed by atoms with Gasteiger partial charge in [0.1, 0.15) is 11.6 Å². The molecule has 0 spiro atoms. The molecular formula is C16H17N3O3S. The lowest BCUT2D eigenvalue weighted by molar-refractivity contribution is -0.0647. The van der Waals surface area contributed by atoms with Gasteiger partial charge in [0.05, 0.1) is 30.5 Å². The highest BCUT2D eigenvalue weighted by Crippen LogP contribution is 2.22. The van der Waals surface area contributed by atoms with Crippen molar-refractivity contribution in [3.05, 3.63) is 40.8 Å². The van der Waals surface area contributed by atoms with Crippen molar-refractivity contribution in [3.8, 4) is 0 Å². The number of nitrogens with zero attached hydrogens (tertiary/aromatic N) is 2. The van der Waals surface area contributed by atoms with Gasteiger partial charge in [0.25, 0.3) is 6.01 Å². The van der Waals surface area contributed by atoms with Crippen molar-refractivity contribution in [1.29, 1.82) is 0 Å². The highest BCUT2D eigenvalue weighted by molar-refractivity contribution is 7.07. The molecule has 0 saturated carbocycles. The molecule has 23 heavy (non-hydrogen) atoms. The third kappa shape index (κ3) is 3.36. The largest absolute Gasteiger partial charge is 0.424 e. The van der Waals surface area contributed by atoms with E-state index in [0.717, 1.165) is 23.2 Å².